The second kappa shape index (κ2) is 9.94. The number of benzene rings is 1. The summed E-state index contributed by atoms with van der Waals surface area (Å²) in [5.41, 5.74) is 1.01. The number of piperidine rings is 1. The molecule has 1 amide bonds. The third-order valence-electron chi connectivity index (χ3n) is 4.75. The van der Waals surface area contributed by atoms with E-state index >= 15 is 0 Å². The number of carbonyl (C=O) groups excluding carboxylic acids is 1. The van der Waals surface area contributed by atoms with Gasteiger partial charge in [0.05, 0.1) is 19.5 Å². The van der Waals surface area contributed by atoms with E-state index in [-0.39, 0.29) is 17.7 Å². The van der Waals surface area contributed by atoms with Crippen LogP contribution in [0, 0.1) is 0 Å². The van der Waals surface area contributed by atoms with Gasteiger partial charge in [0.2, 0.25) is 15.9 Å². The van der Waals surface area contributed by atoms with E-state index in [9.17, 15) is 13.2 Å². The molecule has 1 aromatic carbocycles. The molecule has 0 unspecified atom stereocenters. The van der Waals surface area contributed by atoms with Crippen LogP contribution >= 0.6 is 0 Å². The normalized spacial score (nSPS) is 16.1. The van der Waals surface area contributed by atoms with Gasteiger partial charge in [-0.2, -0.15) is 0 Å². The minimum absolute atomic E-state index is 0.0142. The molecule has 1 aliphatic rings. The number of rotatable bonds is 9. The van der Waals surface area contributed by atoms with Crippen LogP contribution in [-0.2, 0) is 21.2 Å². The van der Waals surface area contributed by atoms with Crippen molar-refractivity contribution in [3.63, 3.8) is 0 Å². The zero-order valence-corrected chi connectivity index (χ0v) is 17.2. The summed E-state index contributed by atoms with van der Waals surface area (Å²) >= 11 is 0. The van der Waals surface area contributed by atoms with Crippen LogP contribution in [0.15, 0.2) is 18.2 Å². The highest BCUT2D eigenvalue weighted by Gasteiger charge is 2.27. The Kier molecular flexibility index (Phi) is 7.91. The maximum absolute atomic E-state index is 12.2. The van der Waals surface area contributed by atoms with Gasteiger partial charge in [0.1, 0.15) is 0 Å². The van der Waals surface area contributed by atoms with Gasteiger partial charge >= 0.3 is 0 Å². The molecule has 1 aromatic rings. The Morgan fingerprint density at radius 2 is 1.93 bits per heavy atom. The number of hydrogen-bond acceptors (Lipinski definition) is 5. The molecular formula is C19H30N2O5S. The zero-order chi connectivity index (χ0) is 19.9. The van der Waals surface area contributed by atoms with Gasteiger partial charge in [-0.3, -0.25) is 4.79 Å². The Bertz CT molecular complexity index is 728. The molecule has 0 radical (unpaired) electrons. The van der Waals surface area contributed by atoms with E-state index in [1.807, 2.05) is 25.1 Å². The van der Waals surface area contributed by atoms with E-state index in [1.54, 1.807) is 14.0 Å². The molecule has 7 nitrogen and oxygen atoms in total. The number of nitrogens with zero attached hydrogens (tertiary/aromatic N) is 1. The van der Waals surface area contributed by atoms with Crippen molar-refractivity contribution in [1.29, 1.82) is 0 Å². The number of methoxy groups -OCH3 is 1. The largest absolute Gasteiger partial charge is 0.493 e. The summed E-state index contributed by atoms with van der Waals surface area (Å²) in [5, 5.41) is 3.02. The Morgan fingerprint density at radius 3 is 2.52 bits per heavy atom. The lowest BCUT2D eigenvalue weighted by Gasteiger charge is -2.31. The van der Waals surface area contributed by atoms with E-state index < -0.39 is 10.0 Å². The van der Waals surface area contributed by atoms with Gasteiger partial charge in [0, 0.05) is 25.6 Å². The minimum Gasteiger partial charge on any atom is -0.493 e. The molecule has 1 N–H and O–H groups in total. The van der Waals surface area contributed by atoms with Crippen molar-refractivity contribution in [2.45, 2.75) is 45.6 Å². The summed E-state index contributed by atoms with van der Waals surface area (Å²) in [6, 6.07) is 5.73. The average molecular weight is 399 g/mol. The molecule has 0 spiro atoms. The number of nitrogens with one attached hydrogen (secondary N) is 1. The molecule has 0 aromatic heterocycles. The lowest BCUT2D eigenvalue weighted by molar-refractivity contribution is -0.122. The van der Waals surface area contributed by atoms with Crippen molar-refractivity contribution in [3.8, 4) is 11.5 Å². The van der Waals surface area contributed by atoms with E-state index in [1.165, 1.54) is 4.31 Å². The van der Waals surface area contributed by atoms with Gasteiger partial charge in [-0.15, -0.1) is 0 Å². The third kappa shape index (κ3) is 6.10. The molecular weight excluding hydrogens is 368 g/mol. The summed E-state index contributed by atoms with van der Waals surface area (Å²) in [5.74, 6) is 1.47. The molecule has 1 saturated heterocycles. The van der Waals surface area contributed by atoms with E-state index in [4.69, 9.17) is 9.47 Å². The van der Waals surface area contributed by atoms with Crippen molar-refractivity contribution < 1.29 is 22.7 Å². The van der Waals surface area contributed by atoms with Gasteiger partial charge in [-0.05, 0) is 50.8 Å². The van der Waals surface area contributed by atoms with Crippen molar-refractivity contribution in [2.24, 2.45) is 0 Å². The average Bonchev–Trinajstić information content (AvgIpc) is 2.67. The van der Waals surface area contributed by atoms with E-state index in [2.05, 4.69) is 5.32 Å². The zero-order valence-electron chi connectivity index (χ0n) is 16.4. The fourth-order valence-corrected chi connectivity index (χ4v) is 4.29. The summed E-state index contributed by atoms with van der Waals surface area (Å²) in [6.07, 6.45) is 2.30. The number of carbonyl (C=O) groups is 1. The lowest BCUT2D eigenvalue weighted by atomic mass is 10.1. The van der Waals surface area contributed by atoms with Crippen LogP contribution < -0.4 is 14.8 Å². The van der Waals surface area contributed by atoms with Crippen molar-refractivity contribution in [3.05, 3.63) is 23.8 Å². The van der Waals surface area contributed by atoms with E-state index in [0.717, 1.165) is 5.56 Å². The predicted octanol–water partition coefficient (Wildman–Crippen LogP) is 1.96. The van der Waals surface area contributed by atoms with Crippen molar-refractivity contribution in [2.75, 3.05) is 32.6 Å². The summed E-state index contributed by atoms with van der Waals surface area (Å²) in [6.45, 7) is 5.07. The van der Waals surface area contributed by atoms with Crippen LogP contribution in [0.4, 0.5) is 0 Å². The molecule has 0 bridgehead atoms. The highest BCUT2D eigenvalue weighted by Crippen LogP contribution is 2.28. The second-order valence-electron chi connectivity index (χ2n) is 6.56. The molecule has 1 aliphatic heterocycles. The SMILES string of the molecule is CCOc1ccc(CCC(=O)NC2CCN(S(=O)(=O)CC)CC2)cc1OC. The summed E-state index contributed by atoms with van der Waals surface area (Å²) in [7, 11) is -1.54. The Hall–Kier alpha value is -1.80. The van der Waals surface area contributed by atoms with Crippen molar-refractivity contribution >= 4 is 15.9 Å². The van der Waals surface area contributed by atoms with Gasteiger partial charge in [0.15, 0.2) is 11.5 Å². The molecule has 1 heterocycles. The van der Waals surface area contributed by atoms with Gasteiger partial charge < -0.3 is 14.8 Å². The van der Waals surface area contributed by atoms with E-state index in [0.29, 0.717) is 56.9 Å². The first-order valence-electron chi connectivity index (χ1n) is 9.46. The molecule has 0 saturated carbocycles. The fraction of sp³-hybridized carbons (Fsp3) is 0.632. The first-order chi connectivity index (χ1) is 12.9. The Labute approximate surface area is 162 Å². The highest BCUT2D eigenvalue weighted by molar-refractivity contribution is 7.89. The minimum atomic E-state index is -3.14. The number of hydrogen-bond donors (Lipinski definition) is 1. The van der Waals surface area contributed by atoms with Gasteiger partial charge in [0.25, 0.3) is 0 Å². The number of amides is 1. The second-order valence-corrected chi connectivity index (χ2v) is 8.82. The van der Waals surface area contributed by atoms with Crippen LogP contribution in [0.5, 0.6) is 11.5 Å². The molecule has 1 fully saturated rings. The van der Waals surface area contributed by atoms with Crippen LogP contribution in [0.2, 0.25) is 0 Å². The first-order valence-corrected chi connectivity index (χ1v) is 11.1. The quantitative estimate of drug-likeness (QED) is 0.687. The van der Waals surface area contributed by atoms with Gasteiger partial charge in [-0.25, -0.2) is 12.7 Å². The number of aryl methyl sites for hydroxylation is 1. The first kappa shape index (κ1) is 21.5. The number of ether oxygens (including phenoxy) is 2. The molecule has 2 rings (SSSR count). The standard InChI is InChI=1S/C19H30N2O5S/c1-4-26-17-8-6-15(14-18(17)25-3)7-9-19(22)20-16-10-12-21(13-11-16)27(23,24)5-2/h6,8,14,16H,4-5,7,9-13H2,1-3H3,(H,20,22). The van der Waals surface area contributed by atoms with Crippen LogP contribution in [-0.4, -0.2) is 57.2 Å². The maximum Gasteiger partial charge on any atom is 0.220 e. The summed E-state index contributed by atoms with van der Waals surface area (Å²) in [4.78, 5) is 12.2. The highest BCUT2D eigenvalue weighted by atomic mass is 32.2. The van der Waals surface area contributed by atoms with Gasteiger partial charge in [-0.1, -0.05) is 6.07 Å². The predicted molar refractivity (Wildman–Crippen MR) is 105 cm³/mol. The smallest absolute Gasteiger partial charge is 0.220 e. The molecule has 0 atom stereocenters. The number of sulfonamides is 1. The topological polar surface area (TPSA) is 84.9 Å². The maximum atomic E-state index is 12.2. The van der Waals surface area contributed by atoms with Crippen LogP contribution in [0.25, 0.3) is 0 Å². The monoisotopic (exact) mass is 398 g/mol. The Balaban J connectivity index is 1.80. The molecule has 8 heteroatoms. The van der Waals surface area contributed by atoms with Crippen LogP contribution in [0.1, 0.15) is 38.7 Å². The fourth-order valence-electron chi connectivity index (χ4n) is 3.16. The molecule has 152 valence electrons. The van der Waals surface area contributed by atoms with Crippen molar-refractivity contribution in [1.82, 2.24) is 9.62 Å². The Morgan fingerprint density at radius 1 is 1.22 bits per heavy atom. The third-order valence-corrected chi connectivity index (χ3v) is 6.63. The molecule has 27 heavy (non-hydrogen) atoms. The molecule has 0 aliphatic carbocycles. The lowest BCUT2D eigenvalue weighted by Crippen LogP contribution is -2.46. The van der Waals surface area contributed by atoms with Crippen LogP contribution in [0.3, 0.4) is 0 Å². The summed E-state index contributed by atoms with van der Waals surface area (Å²) < 4.78 is 36.1.